The summed E-state index contributed by atoms with van der Waals surface area (Å²) in [7, 11) is 1.77. The number of likely N-dealkylation sites (tertiary alicyclic amines) is 1. The van der Waals surface area contributed by atoms with Crippen LogP contribution >= 0.6 is 0 Å². The van der Waals surface area contributed by atoms with Crippen molar-refractivity contribution in [1.29, 1.82) is 0 Å². The van der Waals surface area contributed by atoms with Gasteiger partial charge in [0.05, 0.1) is 6.04 Å². The summed E-state index contributed by atoms with van der Waals surface area (Å²) in [5.74, 6) is 0.0794. The summed E-state index contributed by atoms with van der Waals surface area (Å²) in [6.07, 6.45) is 1.81. The molecule has 1 fully saturated rings. The third-order valence-corrected chi connectivity index (χ3v) is 3.56. The first-order valence-corrected chi connectivity index (χ1v) is 6.81. The topological polar surface area (TPSA) is 52.7 Å². The molecular formula is C13H25N3O2. The zero-order chi connectivity index (χ0) is 13.7. The van der Waals surface area contributed by atoms with Crippen molar-refractivity contribution < 1.29 is 9.59 Å². The quantitative estimate of drug-likeness (QED) is 0.750. The van der Waals surface area contributed by atoms with Crippen molar-refractivity contribution in [1.82, 2.24) is 15.1 Å². The van der Waals surface area contributed by atoms with Gasteiger partial charge in [0.2, 0.25) is 11.8 Å². The highest BCUT2D eigenvalue weighted by molar-refractivity contribution is 5.90. The maximum Gasteiger partial charge on any atom is 0.244 e. The number of likely N-dealkylation sites (N-methyl/N-ethyl adjacent to an activating group) is 1. The van der Waals surface area contributed by atoms with E-state index >= 15 is 0 Å². The molecule has 5 nitrogen and oxygen atoms in total. The van der Waals surface area contributed by atoms with Gasteiger partial charge in [-0.05, 0) is 33.2 Å². The van der Waals surface area contributed by atoms with E-state index in [4.69, 9.17) is 0 Å². The molecule has 0 radical (unpaired) electrons. The molecule has 1 heterocycles. The van der Waals surface area contributed by atoms with Crippen LogP contribution < -0.4 is 5.32 Å². The standard InChI is InChI=1S/C13H25N3O2/c1-5-8-14-11-7-9-16(13(11)18)10(3)12(17)15(4)6-2/h10-11,14H,5-9H2,1-4H3. The lowest BCUT2D eigenvalue weighted by Gasteiger charge is -2.27. The second-order valence-electron chi connectivity index (χ2n) is 4.86. The Hall–Kier alpha value is -1.10. The first kappa shape index (κ1) is 15.0. The smallest absolute Gasteiger partial charge is 0.244 e. The monoisotopic (exact) mass is 255 g/mol. The summed E-state index contributed by atoms with van der Waals surface area (Å²) in [5, 5.41) is 3.23. The number of hydrogen-bond acceptors (Lipinski definition) is 3. The minimum atomic E-state index is -0.351. The fourth-order valence-electron chi connectivity index (χ4n) is 2.20. The van der Waals surface area contributed by atoms with Gasteiger partial charge in [0.15, 0.2) is 0 Å². The van der Waals surface area contributed by atoms with E-state index in [2.05, 4.69) is 12.2 Å². The number of nitrogens with zero attached hydrogens (tertiary/aromatic N) is 2. The molecule has 1 aliphatic heterocycles. The highest BCUT2D eigenvalue weighted by atomic mass is 16.2. The first-order valence-electron chi connectivity index (χ1n) is 6.81. The highest BCUT2D eigenvalue weighted by Gasteiger charge is 2.36. The van der Waals surface area contributed by atoms with Crippen molar-refractivity contribution >= 4 is 11.8 Å². The molecule has 104 valence electrons. The molecule has 1 aliphatic rings. The number of hydrogen-bond donors (Lipinski definition) is 1. The van der Waals surface area contributed by atoms with Crippen molar-refractivity contribution in [3.8, 4) is 0 Å². The van der Waals surface area contributed by atoms with Crippen LogP contribution in [0.15, 0.2) is 0 Å². The molecule has 2 atom stereocenters. The Morgan fingerprint density at radius 1 is 1.56 bits per heavy atom. The third kappa shape index (κ3) is 3.22. The van der Waals surface area contributed by atoms with E-state index in [1.807, 2.05) is 13.8 Å². The zero-order valence-electron chi connectivity index (χ0n) is 11.9. The number of carbonyl (C=O) groups is 2. The Bertz CT molecular complexity index is 307. The summed E-state index contributed by atoms with van der Waals surface area (Å²) in [6, 6.07) is -0.456. The number of carbonyl (C=O) groups excluding carboxylic acids is 2. The normalized spacial score (nSPS) is 21.2. The largest absolute Gasteiger partial charge is 0.344 e. The molecule has 5 heteroatoms. The number of rotatable bonds is 6. The molecule has 1 saturated heterocycles. The molecule has 18 heavy (non-hydrogen) atoms. The summed E-state index contributed by atoms with van der Waals surface area (Å²) in [6.45, 7) is 8.01. The molecule has 1 N–H and O–H groups in total. The van der Waals surface area contributed by atoms with Crippen LogP contribution in [0.5, 0.6) is 0 Å². The van der Waals surface area contributed by atoms with Crippen LogP contribution in [0.25, 0.3) is 0 Å². The molecule has 0 aromatic rings. The van der Waals surface area contributed by atoms with Crippen molar-refractivity contribution in [3.05, 3.63) is 0 Å². The minimum absolute atomic E-state index is 0.0157. The van der Waals surface area contributed by atoms with Crippen LogP contribution in [0.2, 0.25) is 0 Å². The summed E-state index contributed by atoms with van der Waals surface area (Å²) < 4.78 is 0. The van der Waals surface area contributed by atoms with Gasteiger partial charge >= 0.3 is 0 Å². The van der Waals surface area contributed by atoms with Gasteiger partial charge in [0.25, 0.3) is 0 Å². The third-order valence-electron chi connectivity index (χ3n) is 3.56. The van der Waals surface area contributed by atoms with E-state index < -0.39 is 0 Å². The maximum absolute atomic E-state index is 12.2. The molecule has 2 unspecified atom stereocenters. The van der Waals surface area contributed by atoms with Gasteiger partial charge in [-0.3, -0.25) is 9.59 Å². The lowest BCUT2D eigenvalue weighted by molar-refractivity contribution is -0.142. The van der Waals surface area contributed by atoms with Crippen LogP contribution in [-0.4, -0.2) is 60.4 Å². The lowest BCUT2D eigenvalue weighted by atomic mass is 10.2. The molecule has 1 rings (SSSR count). The van der Waals surface area contributed by atoms with Gasteiger partial charge < -0.3 is 15.1 Å². The van der Waals surface area contributed by atoms with Crippen LogP contribution in [0.4, 0.5) is 0 Å². The van der Waals surface area contributed by atoms with Crippen molar-refractivity contribution in [2.24, 2.45) is 0 Å². The van der Waals surface area contributed by atoms with E-state index in [9.17, 15) is 9.59 Å². The van der Waals surface area contributed by atoms with Gasteiger partial charge in [-0.2, -0.15) is 0 Å². The fourth-order valence-corrected chi connectivity index (χ4v) is 2.20. The molecule has 0 aromatic heterocycles. The maximum atomic E-state index is 12.2. The number of amides is 2. The zero-order valence-corrected chi connectivity index (χ0v) is 11.9. The summed E-state index contributed by atoms with van der Waals surface area (Å²) in [5.41, 5.74) is 0. The first-order chi connectivity index (χ1) is 8.52. The Balaban J connectivity index is 2.58. The SMILES string of the molecule is CCCNC1CCN(C(C)C(=O)N(C)CC)C1=O. The fraction of sp³-hybridized carbons (Fsp3) is 0.846. The molecule has 2 amide bonds. The van der Waals surface area contributed by atoms with Crippen LogP contribution in [0.1, 0.15) is 33.6 Å². The molecule has 0 aliphatic carbocycles. The van der Waals surface area contributed by atoms with E-state index in [1.54, 1.807) is 16.8 Å². The van der Waals surface area contributed by atoms with E-state index in [0.29, 0.717) is 13.1 Å². The van der Waals surface area contributed by atoms with E-state index in [0.717, 1.165) is 19.4 Å². The predicted octanol–water partition coefficient (Wildman–Crippen LogP) is 0.454. The second-order valence-corrected chi connectivity index (χ2v) is 4.86. The van der Waals surface area contributed by atoms with Gasteiger partial charge in [-0.1, -0.05) is 6.92 Å². The Kier molecular flexibility index (Phi) is 5.59. The minimum Gasteiger partial charge on any atom is -0.344 e. The van der Waals surface area contributed by atoms with Gasteiger partial charge in [0, 0.05) is 20.1 Å². The van der Waals surface area contributed by atoms with Crippen molar-refractivity contribution in [2.75, 3.05) is 26.7 Å². The molecular weight excluding hydrogens is 230 g/mol. The molecule has 0 bridgehead atoms. The second kappa shape index (κ2) is 6.73. The van der Waals surface area contributed by atoms with Crippen LogP contribution in [-0.2, 0) is 9.59 Å². The van der Waals surface area contributed by atoms with Gasteiger partial charge in [-0.25, -0.2) is 0 Å². The number of nitrogens with one attached hydrogen (secondary N) is 1. The van der Waals surface area contributed by atoms with Gasteiger partial charge in [-0.15, -0.1) is 0 Å². The van der Waals surface area contributed by atoms with Gasteiger partial charge in [0.1, 0.15) is 6.04 Å². The predicted molar refractivity (Wildman–Crippen MR) is 71.2 cm³/mol. The highest BCUT2D eigenvalue weighted by Crippen LogP contribution is 2.15. The van der Waals surface area contributed by atoms with Crippen LogP contribution in [0, 0.1) is 0 Å². The Morgan fingerprint density at radius 3 is 2.78 bits per heavy atom. The van der Waals surface area contributed by atoms with E-state index in [-0.39, 0.29) is 23.9 Å². The Morgan fingerprint density at radius 2 is 2.22 bits per heavy atom. The molecule has 0 spiro atoms. The van der Waals surface area contributed by atoms with Crippen molar-refractivity contribution in [3.63, 3.8) is 0 Å². The molecule has 0 saturated carbocycles. The summed E-state index contributed by atoms with van der Waals surface area (Å²) >= 11 is 0. The van der Waals surface area contributed by atoms with Crippen molar-refractivity contribution in [2.45, 2.75) is 45.7 Å². The van der Waals surface area contributed by atoms with E-state index in [1.165, 1.54) is 0 Å². The Labute approximate surface area is 110 Å². The van der Waals surface area contributed by atoms with Crippen LogP contribution in [0.3, 0.4) is 0 Å². The summed E-state index contributed by atoms with van der Waals surface area (Å²) in [4.78, 5) is 27.6. The lowest BCUT2D eigenvalue weighted by Crippen LogP contribution is -2.48. The molecule has 0 aromatic carbocycles. The average Bonchev–Trinajstić information content (AvgIpc) is 2.75. The average molecular weight is 255 g/mol.